The minimum absolute atomic E-state index is 0.0798. The Balaban J connectivity index is 3.17. The first kappa shape index (κ1) is 11.6. The van der Waals surface area contributed by atoms with E-state index in [0.29, 0.717) is 4.47 Å². The number of pyridine rings is 1. The molecule has 7 heteroatoms. The first-order chi connectivity index (χ1) is 6.48. The summed E-state index contributed by atoms with van der Waals surface area (Å²) in [7, 11) is -0.997. The second-order valence-corrected chi connectivity index (χ2v) is 5.29. The van der Waals surface area contributed by atoms with Crippen LogP contribution in [0.25, 0.3) is 0 Å². The van der Waals surface area contributed by atoms with Gasteiger partial charge in [0.2, 0.25) is 0 Å². The van der Waals surface area contributed by atoms with E-state index in [1.54, 1.807) is 0 Å². The fraction of sp³-hybridized carbons (Fsp3) is 0.286. The number of nitrogens with zero attached hydrogens (tertiary/aromatic N) is 2. The molecule has 1 aromatic rings. The third kappa shape index (κ3) is 2.30. The van der Waals surface area contributed by atoms with Crippen molar-refractivity contribution in [3.8, 4) is 0 Å². The smallest absolute Gasteiger partial charge is 0.266 e. The van der Waals surface area contributed by atoms with Gasteiger partial charge >= 0.3 is 0 Å². The standard InChI is InChI=1S/C7H9BrN2O3S/c1-10(13-2)14(11,12)7-3-6(8)4-9-5-7/h3-5H,1-2H3. The summed E-state index contributed by atoms with van der Waals surface area (Å²) in [6.45, 7) is 0. The van der Waals surface area contributed by atoms with Crippen molar-refractivity contribution in [1.82, 2.24) is 9.45 Å². The molecule has 0 amide bonds. The molecule has 0 saturated carbocycles. The van der Waals surface area contributed by atoms with E-state index in [1.165, 1.54) is 32.6 Å². The Morgan fingerprint density at radius 2 is 2.14 bits per heavy atom. The summed E-state index contributed by atoms with van der Waals surface area (Å²) < 4.78 is 24.7. The van der Waals surface area contributed by atoms with Crippen molar-refractivity contribution in [2.75, 3.05) is 14.2 Å². The highest BCUT2D eigenvalue weighted by Gasteiger charge is 2.20. The lowest BCUT2D eigenvalue weighted by Gasteiger charge is -2.13. The van der Waals surface area contributed by atoms with Crippen LogP contribution >= 0.6 is 15.9 Å². The number of hydroxylamine groups is 1. The Bertz CT molecular complexity index is 421. The summed E-state index contributed by atoms with van der Waals surface area (Å²) in [5.41, 5.74) is 0. The SMILES string of the molecule is CON(C)S(=O)(=O)c1cncc(Br)c1. The van der Waals surface area contributed by atoms with Crippen LogP contribution < -0.4 is 0 Å². The van der Waals surface area contributed by atoms with E-state index in [-0.39, 0.29) is 4.90 Å². The Labute approximate surface area is 90.8 Å². The average molecular weight is 281 g/mol. The van der Waals surface area contributed by atoms with Crippen LogP contribution in [0.5, 0.6) is 0 Å². The zero-order valence-electron chi connectivity index (χ0n) is 7.64. The van der Waals surface area contributed by atoms with Crippen LogP contribution in [0.4, 0.5) is 0 Å². The molecule has 0 N–H and O–H groups in total. The summed E-state index contributed by atoms with van der Waals surface area (Å²) in [6, 6.07) is 1.46. The van der Waals surface area contributed by atoms with Crippen LogP contribution in [0.1, 0.15) is 0 Å². The van der Waals surface area contributed by atoms with Crippen molar-refractivity contribution in [3.05, 3.63) is 22.9 Å². The average Bonchev–Trinajstić information content (AvgIpc) is 2.16. The summed E-state index contributed by atoms with van der Waals surface area (Å²) in [5.74, 6) is 0. The van der Waals surface area contributed by atoms with Gasteiger partial charge in [-0.05, 0) is 22.0 Å². The van der Waals surface area contributed by atoms with E-state index >= 15 is 0 Å². The maximum atomic E-state index is 11.7. The first-order valence-corrected chi connectivity index (χ1v) is 5.85. The Hall–Kier alpha value is -0.500. The Morgan fingerprint density at radius 3 is 2.64 bits per heavy atom. The van der Waals surface area contributed by atoms with Crippen molar-refractivity contribution in [2.45, 2.75) is 4.90 Å². The zero-order valence-corrected chi connectivity index (χ0v) is 10.0. The highest BCUT2D eigenvalue weighted by atomic mass is 79.9. The second-order valence-electron chi connectivity index (χ2n) is 2.44. The maximum Gasteiger partial charge on any atom is 0.266 e. The number of hydrogen-bond acceptors (Lipinski definition) is 4. The molecule has 1 heterocycles. The van der Waals surface area contributed by atoms with Crippen LogP contribution in [-0.2, 0) is 14.9 Å². The number of halogens is 1. The monoisotopic (exact) mass is 280 g/mol. The van der Waals surface area contributed by atoms with E-state index in [2.05, 4.69) is 25.8 Å². The van der Waals surface area contributed by atoms with Gasteiger partial charge in [-0.2, -0.15) is 0 Å². The van der Waals surface area contributed by atoms with Gasteiger partial charge in [0.15, 0.2) is 0 Å². The van der Waals surface area contributed by atoms with Crippen LogP contribution in [-0.4, -0.2) is 32.0 Å². The van der Waals surface area contributed by atoms with Gasteiger partial charge in [0.05, 0.1) is 7.11 Å². The van der Waals surface area contributed by atoms with Gasteiger partial charge in [0.1, 0.15) is 4.90 Å². The molecule has 0 atom stereocenters. The maximum absolute atomic E-state index is 11.7. The van der Waals surface area contributed by atoms with Gasteiger partial charge in [0.25, 0.3) is 10.0 Å². The molecule has 0 spiro atoms. The predicted molar refractivity (Wildman–Crippen MR) is 53.9 cm³/mol. The lowest BCUT2D eigenvalue weighted by molar-refractivity contribution is -0.0258. The normalized spacial score (nSPS) is 12.0. The van der Waals surface area contributed by atoms with Crippen molar-refractivity contribution in [3.63, 3.8) is 0 Å². The molecule has 0 aliphatic heterocycles. The third-order valence-electron chi connectivity index (χ3n) is 1.57. The van der Waals surface area contributed by atoms with E-state index in [9.17, 15) is 8.42 Å². The van der Waals surface area contributed by atoms with Crippen LogP contribution in [0.2, 0.25) is 0 Å². The van der Waals surface area contributed by atoms with E-state index < -0.39 is 10.0 Å². The summed E-state index contributed by atoms with van der Waals surface area (Å²) in [5, 5.41) is 0. The minimum atomic E-state index is -3.59. The summed E-state index contributed by atoms with van der Waals surface area (Å²) in [6.07, 6.45) is 2.77. The molecule has 5 nitrogen and oxygen atoms in total. The van der Waals surface area contributed by atoms with Crippen LogP contribution in [0, 0.1) is 0 Å². The van der Waals surface area contributed by atoms with Crippen molar-refractivity contribution < 1.29 is 13.3 Å². The second kappa shape index (κ2) is 4.35. The van der Waals surface area contributed by atoms with E-state index in [0.717, 1.165) is 4.47 Å². The van der Waals surface area contributed by atoms with E-state index in [1.807, 2.05) is 0 Å². The van der Waals surface area contributed by atoms with Crippen LogP contribution in [0.15, 0.2) is 27.8 Å². The van der Waals surface area contributed by atoms with Crippen LogP contribution in [0.3, 0.4) is 0 Å². The van der Waals surface area contributed by atoms with Gasteiger partial charge in [0, 0.05) is 23.9 Å². The minimum Gasteiger partial charge on any atom is -0.288 e. The molecule has 1 aromatic heterocycles. The quantitative estimate of drug-likeness (QED) is 0.776. The highest BCUT2D eigenvalue weighted by Crippen LogP contribution is 2.17. The topological polar surface area (TPSA) is 59.5 Å². The van der Waals surface area contributed by atoms with Gasteiger partial charge < -0.3 is 0 Å². The Kier molecular flexibility index (Phi) is 3.59. The highest BCUT2D eigenvalue weighted by molar-refractivity contribution is 9.10. The molecule has 0 saturated heterocycles. The van der Waals surface area contributed by atoms with Gasteiger partial charge in [-0.15, -0.1) is 0 Å². The molecule has 14 heavy (non-hydrogen) atoms. The Morgan fingerprint density at radius 1 is 1.50 bits per heavy atom. The largest absolute Gasteiger partial charge is 0.288 e. The van der Waals surface area contributed by atoms with Crippen molar-refractivity contribution in [1.29, 1.82) is 0 Å². The van der Waals surface area contributed by atoms with Crippen molar-refractivity contribution in [2.24, 2.45) is 0 Å². The number of sulfonamides is 1. The molecule has 0 unspecified atom stereocenters. The summed E-state index contributed by atoms with van der Waals surface area (Å²) >= 11 is 3.14. The number of rotatable bonds is 3. The first-order valence-electron chi connectivity index (χ1n) is 3.62. The molecule has 0 bridgehead atoms. The molecular weight excluding hydrogens is 272 g/mol. The molecule has 0 aliphatic carbocycles. The summed E-state index contributed by atoms with van der Waals surface area (Å²) in [4.78, 5) is 8.45. The molecular formula is C7H9BrN2O3S. The fourth-order valence-corrected chi connectivity index (χ4v) is 2.26. The molecule has 0 fully saturated rings. The van der Waals surface area contributed by atoms with Gasteiger partial charge in [-0.25, -0.2) is 8.42 Å². The number of aromatic nitrogens is 1. The third-order valence-corrected chi connectivity index (χ3v) is 3.65. The molecule has 0 aliphatic rings. The zero-order chi connectivity index (χ0) is 10.8. The van der Waals surface area contributed by atoms with Gasteiger partial charge in [-0.3, -0.25) is 9.82 Å². The van der Waals surface area contributed by atoms with Gasteiger partial charge in [-0.1, -0.05) is 4.47 Å². The molecule has 78 valence electrons. The molecule has 1 rings (SSSR count). The number of hydrogen-bond donors (Lipinski definition) is 0. The molecule has 0 radical (unpaired) electrons. The predicted octanol–water partition coefficient (Wildman–Crippen LogP) is 1.03. The van der Waals surface area contributed by atoms with Crippen molar-refractivity contribution >= 4 is 26.0 Å². The fourth-order valence-electron chi connectivity index (χ4n) is 0.780. The lowest BCUT2D eigenvalue weighted by Crippen LogP contribution is -2.25. The lowest BCUT2D eigenvalue weighted by atomic mass is 10.5. The molecule has 0 aromatic carbocycles. The van der Waals surface area contributed by atoms with E-state index in [4.69, 9.17) is 0 Å².